The van der Waals surface area contributed by atoms with Gasteiger partial charge in [0, 0.05) is 5.56 Å². The first-order valence-electron chi connectivity index (χ1n) is 10.3. The molecule has 31 heavy (non-hydrogen) atoms. The highest BCUT2D eigenvalue weighted by Gasteiger charge is 2.35. The zero-order valence-electron chi connectivity index (χ0n) is 18.4. The van der Waals surface area contributed by atoms with Crippen molar-refractivity contribution in [2.45, 2.75) is 45.4 Å². The normalized spacial score (nSPS) is 16.9. The van der Waals surface area contributed by atoms with Crippen LogP contribution >= 0.6 is 11.8 Å². The van der Waals surface area contributed by atoms with Crippen molar-refractivity contribution in [1.29, 1.82) is 5.41 Å². The van der Waals surface area contributed by atoms with E-state index in [-0.39, 0.29) is 11.4 Å². The van der Waals surface area contributed by atoms with Crippen molar-refractivity contribution < 1.29 is 19.0 Å². The third-order valence-corrected chi connectivity index (χ3v) is 5.99. The summed E-state index contributed by atoms with van der Waals surface area (Å²) in [5.74, 6) is 0.867. The van der Waals surface area contributed by atoms with Crippen molar-refractivity contribution in [2.75, 3.05) is 21.3 Å². The van der Waals surface area contributed by atoms with E-state index in [2.05, 4.69) is 17.0 Å². The van der Waals surface area contributed by atoms with Gasteiger partial charge in [0.15, 0.2) is 17.3 Å². The Morgan fingerprint density at radius 2 is 1.81 bits per heavy atom. The number of hydrogen-bond donors (Lipinski definition) is 1. The summed E-state index contributed by atoms with van der Waals surface area (Å²) in [6.45, 7) is 2.19. The SMILES string of the molecule is CCCCCCCC1=NN2C(=N)/C(=C\c3ccc(OC)c(OC)c3OC)C(=O)N=C2S1. The van der Waals surface area contributed by atoms with E-state index < -0.39 is 5.91 Å². The number of hydrogen-bond acceptors (Lipinski definition) is 7. The molecule has 0 saturated carbocycles. The fourth-order valence-corrected chi connectivity index (χ4v) is 4.33. The lowest BCUT2D eigenvalue weighted by Gasteiger charge is -2.21. The van der Waals surface area contributed by atoms with E-state index in [1.165, 1.54) is 57.4 Å². The largest absolute Gasteiger partial charge is 0.493 e. The van der Waals surface area contributed by atoms with E-state index in [1.54, 1.807) is 18.2 Å². The minimum Gasteiger partial charge on any atom is -0.493 e. The van der Waals surface area contributed by atoms with Gasteiger partial charge in [-0.25, -0.2) is 0 Å². The molecule has 0 bridgehead atoms. The summed E-state index contributed by atoms with van der Waals surface area (Å²) in [4.78, 5) is 16.8. The molecule has 0 radical (unpaired) electrons. The monoisotopic (exact) mass is 444 g/mol. The zero-order chi connectivity index (χ0) is 22.4. The molecule has 0 saturated heterocycles. The van der Waals surface area contributed by atoms with Crippen LogP contribution in [0, 0.1) is 5.41 Å². The molecule has 2 heterocycles. The highest BCUT2D eigenvalue weighted by Crippen LogP contribution is 2.41. The molecule has 0 aromatic heterocycles. The van der Waals surface area contributed by atoms with Crippen LogP contribution < -0.4 is 14.2 Å². The van der Waals surface area contributed by atoms with Crippen LogP contribution in [0.3, 0.4) is 0 Å². The van der Waals surface area contributed by atoms with Gasteiger partial charge in [-0.15, -0.1) is 0 Å². The second kappa shape index (κ2) is 10.5. The lowest BCUT2D eigenvalue weighted by molar-refractivity contribution is -0.114. The molecule has 3 rings (SSSR count). The van der Waals surface area contributed by atoms with Gasteiger partial charge in [-0.3, -0.25) is 10.2 Å². The number of rotatable bonds is 10. The minimum atomic E-state index is -0.472. The Hall–Kier alpha value is -2.81. The fourth-order valence-electron chi connectivity index (χ4n) is 3.41. The van der Waals surface area contributed by atoms with Crippen LogP contribution in [0.25, 0.3) is 6.08 Å². The molecule has 2 aliphatic heterocycles. The van der Waals surface area contributed by atoms with Crippen molar-refractivity contribution in [3.8, 4) is 17.2 Å². The van der Waals surface area contributed by atoms with Crippen LogP contribution in [0.2, 0.25) is 0 Å². The number of carbonyl (C=O) groups excluding carboxylic acids is 1. The third-order valence-electron chi connectivity index (χ3n) is 5.03. The van der Waals surface area contributed by atoms with Crippen molar-refractivity contribution >= 4 is 39.8 Å². The smallest absolute Gasteiger partial charge is 0.283 e. The molecule has 0 fully saturated rings. The molecule has 1 aromatic carbocycles. The maximum absolute atomic E-state index is 12.7. The van der Waals surface area contributed by atoms with Gasteiger partial charge in [-0.05, 0) is 42.8 Å². The molecule has 0 aliphatic carbocycles. The van der Waals surface area contributed by atoms with Gasteiger partial charge in [-0.1, -0.05) is 32.6 Å². The predicted octanol–water partition coefficient (Wildman–Crippen LogP) is 4.69. The molecule has 166 valence electrons. The number of methoxy groups -OCH3 is 3. The number of thioether (sulfide) groups is 1. The molecule has 1 amide bonds. The first-order valence-corrected chi connectivity index (χ1v) is 11.1. The third kappa shape index (κ3) is 4.92. The number of aliphatic imine (C=N–C) groups is 1. The van der Waals surface area contributed by atoms with E-state index in [9.17, 15) is 4.79 Å². The summed E-state index contributed by atoms with van der Waals surface area (Å²) >= 11 is 1.37. The molecular formula is C22H28N4O4S. The van der Waals surface area contributed by atoms with Crippen molar-refractivity contribution in [1.82, 2.24) is 5.01 Å². The number of nitrogens with one attached hydrogen (secondary N) is 1. The van der Waals surface area contributed by atoms with Crippen molar-refractivity contribution in [3.63, 3.8) is 0 Å². The first-order chi connectivity index (χ1) is 15.0. The topological polar surface area (TPSA) is 96.6 Å². The Labute approximate surface area is 186 Å². The van der Waals surface area contributed by atoms with E-state index in [0.717, 1.165) is 24.3 Å². The Morgan fingerprint density at radius 1 is 1.06 bits per heavy atom. The second-order valence-corrected chi connectivity index (χ2v) is 8.14. The van der Waals surface area contributed by atoms with E-state index >= 15 is 0 Å². The average Bonchev–Trinajstić information content (AvgIpc) is 3.18. The Kier molecular flexibility index (Phi) is 7.73. The quantitative estimate of drug-likeness (QED) is 0.415. The number of benzene rings is 1. The van der Waals surface area contributed by atoms with Gasteiger partial charge >= 0.3 is 0 Å². The lowest BCUT2D eigenvalue weighted by atomic mass is 10.1. The number of nitrogens with zero attached hydrogens (tertiary/aromatic N) is 3. The number of fused-ring (bicyclic) bond motifs is 1. The molecule has 1 N–H and O–H groups in total. The molecule has 8 nitrogen and oxygen atoms in total. The second-order valence-electron chi connectivity index (χ2n) is 7.10. The minimum absolute atomic E-state index is 0.000297. The first kappa shape index (κ1) is 22.9. The van der Waals surface area contributed by atoms with Crippen LogP contribution in [0.5, 0.6) is 17.2 Å². The average molecular weight is 445 g/mol. The summed E-state index contributed by atoms with van der Waals surface area (Å²) in [6, 6.07) is 3.47. The van der Waals surface area contributed by atoms with Gasteiger partial charge in [-0.2, -0.15) is 15.1 Å². The van der Waals surface area contributed by atoms with Crippen LogP contribution in [0.4, 0.5) is 0 Å². The number of hydrazone groups is 1. The van der Waals surface area contributed by atoms with E-state index in [0.29, 0.717) is 28.0 Å². The summed E-state index contributed by atoms with van der Waals surface area (Å²) in [7, 11) is 4.57. The molecule has 0 unspecified atom stereocenters. The molecule has 1 aromatic rings. The van der Waals surface area contributed by atoms with Gasteiger partial charge in [0.1, 0.15) is 5.04 Å². The molecule has 2 aliphatic rings. The number of amidine groups is 2. The molecular weight excluding hydrogens is 416 g/mol. The van der Waals surface area contributed by atoms with Crippen LogP contribution in [-0.4, -0.2) is 48.3 Å². The molecule has 0 spiro atoms. The van der Waals surface area contributed by atoms with Crippen LogP contribution in [0.15, 0.2) is 27.8 Å². The fraction of sp³-hybridized carbons (Fsp3) is 0.455. The Bertz CT molecular complexity index is 955. The maximum atomic E-state index is 12.7. The number of amides is 1. The van der Waals surface area contributed by atoms with Crippen LogP contribution in [-0.2, 0) is 4.79 Å². The van der Waals surface area contributed by atoms with E-state index in [4.69, 9.17) is 19.6 Å². The zero-order valence-corrected chi connectivity index (χ0v) is 19.2. The summed E-state index contributed by atoms with van der Waals surface area (Å²) in [5.41, 5.74) is 0.724. The number of ether oxygens (including phenoxy) is 3. The molecule has 9 heteroatoms. The van der Waals surface area contributed by atoms with Crippen molar-refractivity contribution in [2.24, 2.45) is 10.1 Å². The maximum Gasteiger partial charge on any atom is 0.283 e. The van der Waals surface area contributed by atoms with Crippen molar-refractivity contribution in [3.05, 3.63) is 23.3 Å². The Balaban J connectivity index is 1.83. The van der Waals surface area contributed by atoms with Gasteiger partial charge in [0.25, 0.3) is 5.91 Å². The van der Waals surface area contributed by atoms with E-state index in [1.807, 2.05) is 0 Å². The standard InChI is InChI=1S/C22H28N4O4S/c1-5-6-7-8-9-10-17-25-26-20(23)15(21(27)24-22(26)31-17)13-14-11-12-16(28-2)19(30-4)18(14)29-3/h11-13,23H,5-10H2,1-4H3/b15-13+,23-20?. The van der Waals surface area contributed by atoms with Crippen LogP contribution in [0.1, 0.15) is 51.0 Å². The predicted molar refractivity (Wildman–Crippen MR) is 124 cm³/mol. The highest BCUT2D eigenvalue weighted by molar-refractivity contribution is 8.26. The lowest BCUT2D eigenvalue weighted by Crippen LogP contribution is -2.35. The summed E-state index contributed by atoms with van der Waals surface area (Å²) in [6.07, 6.45) is 8.27. The summed E-state index contributed by atoms with van der Waals surface area (Å²) < 4.78 is 16.2. The van der Waals surface area contributed by atoms with Gasteiger partial charge in [0.2, 0.25) is 10.9 Å². The number of unbranched alkanes of at least 4 members (excludes halogenated alkanes) is 4. The van der Waals surface area contributed by atoms with Gasteiger partial charge < -0.3 is 14.2 Å². The van der Waals surface area contributed by atoms with Gasteiger partial charge in [0.05, 0.1) is 26.9 Å². The number of carbonyl (C=O) groups is 1. The Morgan fingerprint density at radius 3 is 2.48 bits per heavy atom. The highest BCUT2D eigenvalue weighted by atomic mass is 32.2. The molecule has 0 atom stereocenters. The summed E-state index contributed by atoms with van der Waals surface area (Å²) in [5, 5.41) is 15.8.